The van der Waals surface area contributed by atoms with Crippen LogP contribution >= 0.6 is 15.9 Å². The molecule has 1 unspecified atom stereocenters. The minimum atomic E-state index is -1.31. The lowest BCUT2D eigenvalue weighted by Gasteiger charge is -2.24. The second-order valence-electron chi connectivity index (χ2n) is 7.85. The van der Waals surface area contributed by atoms with Gasteiger partial charge in [-0.25, -0.2) is 9.18 Å². The van der Waals surface area contributed by atoms with E-state index in [1.54, 1.807) is 6.07 Å². The molecule has 0 radical (unpaired) electrons. The number of hydrogen-bond acceptors (Lipinski definition) is 4. The lowest BCUT2D eigenvalue weighted by Crippen LogP contribution is -2.28. The van der Waals surface area contributed by atoms with E-state index in [2.05, 4.69) is 15.9 Å². The number of halogens is 2. The fourth-order valence-electron chi connectivity index (χ4n) is 4.50. The van der Waals surface area contributed by atoms with E-state index in [0.29, 0.717) is 24.3 Å². The summed E-state index contributed by atoms with van der Waals surface area (Å²) in [6.07, 6.45) is 3.70. The van der Waals surface area contributed by atoms with E-state index in [1.807, 2.05) is 9.47 Å². The number of nitrogens with two attached hydrogens (primary N) is 1. The maximum absolute atomic E-state index is 15.0. The number of hydrogen-bond donors (Lipinski definition) is 2. The Morgan fingerprint density at radius 2 is 2.00 bits per heavy atom. The quantitative estimate of drug-likeness (QED) is 0.557. The molecule has 1 saturated carbocycles. The Morgan fingerprint density at radius 1 is 1.25 bits per heavy atom. The molecule has 0 saturated heterocycles. The van der Waals surface area contributed by atoms with Crippen molar-refractivity contribution in [2.24, 2.45) is 5.73 Å². The molecule has 5 rings (SSSR count). The van der Waals surface area contributed by atoms with E-state index >= 15 is 4.39 Å². The Morgan fingerprint density at radius 3 is 2.64 bits per heavy atom. The van der Waals surface area contributed by atoms with Gasteiger partial charge < -0.3 is 20.3 Å². The highest BCUT2D eigenvalue weighted by Crippen LogP contribution is 2.42. The van der Waals surface area contributed by atoms with Crippen LogP contribution in [-0.2, 0) is 0 Å². The first kappa shape index (κ1) is 17.9. The first-order chi connectivity index (χ1) is 13.4. The molecule has 1 aliphatic heterocycles. The number of carboxylic acid groups (broad SMARTS) is 1. The summed E-state index contributed by atoms with van der Waals surface area (Å²) in [4.78, 5) is 26.3. The average molecular weight is 448 g/mol. The van der Waals surface area contributed by atoms with Crippen LogP contribution in [0.25, 0.3) is 10.9 Å². The molecule has 1 atom stereocenters. The summed E-state index contributed by atoms with van der Waals surface area (Å²) < 4.78 is 17.1. The molecule has 3 N–H and O–H groups in total. The van der Waals surface area contributed by atoms with Gasteiger partial charge in [-0.3, -0.25) is 4.79 Å². The number of aromatic nitrogens is 1. The van der Waals surface area contributed by atoms with Crippen LogP contribution in [0, 0.1) is 5.82 Å². The van der Waals surface area contributed by atoms with Gasteiger partial charge in [-0.05, 0) is 64.9 Å². The molecule has 0 amide bonds. The topological polar surface area (TPSA) is 88.6 Å². The van der Waals surface area contributed by atoms with Crippen LogP contribution in [0.4, 0.5) is 10.1 Å². The fourth-order valence-corrected chi connectivity index (χ4v) is 5.33. The Hall–Kier alpha value is -2.19. The summed E-state index contributed by atoms with van der Waals surface area (Å²) in [5, 5.41) is 9.59. The van der Waals surface area contributed by atoms with Crippen molar-refractivity contribution in [3.63, 3.8) is 0 Å². The van der Waals surface area contributed by atoms with E-state index in [9.17, 15) is 14.7 Å². The molecule has 2 aliphatic carbocycles. The Bertz CT molecular complexity index is 1140. The van der Waals surface area contributed by atoms with E-state index in [1.165, 1.54) is 17.2 Å². The minimum Gasteiger partial charge on any atom is -0.477 e. The van der Waals surface area contributed by atoms with Crippen molar-refractivity contribution in [2.45, 2.75) is 37.8 Å². The molecule has 0 spiro atoms. The van der Waals surface area contributed by atoms with Crippen LogP contribution in [0.5, 0.6) is 0 Å². The number of anilines is 1. The van der Waals surface area contributed by atoms with Gasteiger partial charge in [0, 0.05) is 30.6 Å². The van der Waals surface area contributed by atoms with Crippen LogP contribution in [0.2, 0.25) is 0 Å². The zero-order valence-corrected chi connectivity index (χ0v) is 16.6. The fraction of sp³-hybridized carbons (Fsp3) is 0.400. The number of aromatic carboxylic acids is 1. The Balaban J connectivity index is 1.69. The summed E-state index contributed by atoms with van der Waals surface area (Å²) in [5.41, 5.74) is 8.62. The highest BCUT2D eigenvalue weighted by molar-refractivity contribution is 9.10. The Kier molecular flexibility index (Phi) is 3.93. The van der Waals surface area contributed by atoms with E-state index in [4.69, 9.17) is 5.73 Å². The average Bonchev–Trinajstić information content (AvgIpc) is 3.28. The van der Waals surface area contributed by atoms with Crippen molar-refractivity contribution in [1.82, 2.24) is 4.57 Å². The van der Waals surface area contributed by atoms with Gasteiger partial charge in [-0.2, -0.15) is 0 Å². The van der Waals surface area contributed by atoms with Gasteiger partial charge in [0.05, 0.1) is 11.2 Å². The van der Waals surface area contributed by atoms with Crippen LogP contribution < -0.4 is 16.1 Å². The van der Waals surface area contributed by atoms with Gasteiger partial charge in [0.1, 0.15) is 16.0 Å². The summed E-state index contributed by atoms with van der Waals surface area (Å²) in [6.45, 7) is 1.24. The molecule has 1 aromatic heterocycles. The van der Waals surface area contributed by atoms with Crippen molar-refractivity contribution in [3.8, 4) is 0 Å². The predicted octanol–water partition coefficient (Wildman–Crippen LogP) is 3.17. The molecule has 2 heterocycles. The van der Waals surface area contributed by atoms with Gasteiger partial charge in [0.15, 0.2) is 0 Å². The summed E-state index contributed by atoms with van der Waals surface area (Å²) >= 11 is 3.32. The largest absolute Gasteiger partial charge is 0.477 e. The molecule has 6 nitrogen and oxygen atoms in total. The molecule has 1 aromatic carbocycles. The van der Waals surface area contributed by atoms with Crippen molar-refractivity contribution in [3.05, 3.63) is 49.5 Å². The minimum absolute atomic E-state index is 0.0421. The standard InChI is InChI=1S/C20H19BrFN3O3/c21-19-17(20(27)28)18(26)11-5-13(22)16(6-15(11)25(19)10-2-3-10)24-7-9-1-4-14(23)12(9)8-24/h5-6,10,14H,1-4,7-8,23H2,(H,27,28). The van der Waals surface area contributed by atoms with Crippen molar-refractivity contribution >= 4 is 38.5 Å². The maximum Gasteiger partial charge on any atom is 0.342 e. The summed E-state index contributed by atoms with van der Waals surface area (Å²) in [6, 6.07) is 3.03. The number of pyridine rings is 1. The summed E-state index contributed by atoms with van der Waals surface area (Å²) in [5.74, 6) is -1.83. The first-order valence-corrected chi connectivity index (χ1v) is 10.2. The van der Waals surface area contributed by atoms with Crippen LogP contribution in [-0.4, -0.2) is 34.8 Å². The molecule has 3 aliphatic rings. The number of rotatable bonds is 3. The van der Waals surface area contributed by atoms with Crippen LogP contribution in [0.1, 0.15) is 42.1 Å². The normalized spacial score (nSPS) is 21.7. The van der Waals surface area contributed by atoms with Gasteiger partial charge >= 0.3 is 5.97 Å². The van der Waals surface area contributed by atoms with Crippen LogP contribution in [0.3, 0.4) is 0 Å². The van der Waals surface area contributed by atoms with E-state index in [-0.39, 0.29) is 27.6 Å². The van der Waals surface area contributed by atoms with Crippen molar-refractivity contribution in [1.29, 1.82) is 0 Å². The third-order valence-corrected chi connectivity index (χ3v) is 6.86. The lowest BCUT2D eigenvalue weighted by molar-refractivity contribution is 0.0693. The maximum atomic E-state index is 15.0. The molecule has 28 heavy (non-hydrogen) atoms. The van der Waals surface area contributed by atoms with E-state index < -0.39 is 17.2 Å². The number of carbonyl (C=O) groups is 1. The third kappa shape index (κ3) is 2.54. The zero-order valence-electron chi connectivity index (χ0n) is 15.0. The lowest BCUT2D eigenvalue weighted by atomic mass is 10.1. The van der Waals surface area contributed by atoms with Crippen molar-refractivity contribution in [2.75, 3.05) is 18.0 Å². The molecule has 146 valence electrons. The smallest absolute Gasteiger partial charge is 0.342 e. The molecular formula is C20H19BrFN3O3. The predicted molar refractivity (Wildman–Crippen MR) is 108 cm³/mol. The van der Waals surface area contributed by atoms with Gasteiger partial charge in [-0.15, -0.1) is 0 Å². The van der Waals surface area contributed by atoms with Crippen molar-refractivity contribution < 1.29 is 14.3 Å². The first-order valence-electron chi connectivity index (χ1n) is 9.38. The van der Waals surface area contributed by atoms with Gasteiger partial charge in [0.25, 0.3) is 0 Å². The highest BCUT2D eigenvalue weighted by atomic mass is 79.9. The molecule has 8 heteroatoms. The monoisotopic (exact) mass is 447 g/mol. The summed E-state index contributed by atoms with van der Waals surface area (Å²) in [7, 11) is 0. The van der Waals surface area contributed by atoms with E-state index in [0.717, 1.165) is 25.7 Å². The Labute approximate surface area is 168 Å². The second kappa shape index (κ2) is 6.15. The number of nitrogens with zero attached hydrogens (tertiary/aromatic N) is 2. The number of benzene rings is 1. The molecule has 2 aromatic rings. The number of carboxylic acids is 1. The van der Waals surface area contributed by atoms with Gasteiger partial charge in [0.2, 0.25) is 5.43 Å². The molecule has 1 fully saturated rings. The number of fused-ring (bicyclic) bond motifs is 1. The third-order valence-electron chi connectivity index (χ3n) is 6.08. The molecular weight excluding hydrogens is 429 g/mol. The molecule has 0 bridgehead atoms. The van der Waals surface area contributed by atoms with Crippen LogP contribution in [0.15, 0.2) is 32.7 Å². The van der Waals surface area contributed by atoms with Gasteiger partial charge in [-0.1, -0.05) is 0 Å². The highest BCUT2D eigenvalue weighted by Gasteiger charge is 2.34. The second-order valence-corrected chi connectivity index (χ2v) is 8.60. The SMILES string of the molecule is NC1CCC2=C1CN(c1cc3c(cc1F)c(=O)c(C(=O)O)c(Br)n3C1CC1)C2. The zero-order chi connectivity index (χ0) is 19.7.